The molecular weight excluding hydrogens is 154 g/mol. The van der Waals surface area contributed by atoms with E-state index in [2.05, 4.69) is 0 Å². The molecule has 0 spiro atoms. The summed E-state index contributed by atoms with van der Waals surface area (Å²) in [6.45, 7) is 2.15. The van der Waals surface area contributed by atoms with Gasteiger partial charge in [-0.05, 0) is 6.92 Å². The first-order valence-electron chi connectivity index (χ1n) is 2.90. The molecule has 0 amide bonds. The van der Waals surface area contributed by atoms with Crippen LogP contribution in [0.25, 0.3) is 0 Å². The normalized spacial score (nSPS) is 12.8. The van der Waals surface area contributed by atoms with Crippen molar-refractivity contribution in [1.82, 2.24) is 5.01 Å². The number of aliphatic hydroxyl groups excluding tert-OH is 1. The molecule has 0 aliphatic carbocycles. The highest BCUT2D eigenvalue weighted by Crippen LogP contribution is 2.04. The summed E-state index contributed by atoms with van der Waals surface area (Å²) in [6, 6.07) is 0. The van der Waals surface area contributed by atoms with Crippen molar-refractivity contribution in [2.45, 2.75) is 6.92 Å². The summed E-state index contributed by atoms with van der Waals surface area (Å²) < 4.78 is 0. The van der Waals surface area contributed by atoms with Gasteiger partial charge in [0.2, 0.25) is 0 Å². The maximum absolute atomic E-state index is 8.65. The number of likely N-dealkylation sites (N-methyl/N-ethyl adjacent to an activating group) is 1. The van der Waals surface area contributed by atoms with Crippen LogP contribution in [0.3, 0.4) is 0 Å². The van der Waals surface area contributed by atoms with E-state index in [0.29, 0.717) is 12.2 Å². The highest BCUT2D eigenvalue weighted by molar-refractivity contribution is 6.29. The van der Waals surface area contributed by atoms with Crippen LogP contribution in [0.2, 0.25) is 0 Å². The molecule has 0 aliphatic heterocycles. The van der Waals surface area contributed by atoms with Crippen LogP contribution in [0.4, 0.5) is 0 Å². The number of hydrogen-bond acceptors (Lipinski definition) is 4. The Morgan fingerprint density at radius 3 is 2.30 bits per heavy atom. The number of nitrogens with two attached hydrogens (primary N) is 2. The first kappa shape index (κ1) is 9.55. The summed E-state index contributed by atoms with van der Waals surface area (Å²) in [6.07, 6.45) is 0. The zero-order chi connectivity index (χ0) is 8.15. The lowest BCUT2D eigenvalue weighted by Crippen LogP contribution is -2.33. The van der Waals surface area contributed by atoms with Crippen LogP contribution in [0.15, 0.2) is 10.9 Å². The molecule has 5 N–H and O–H groups in total. The standard InChI is InChI=1S/C5H12ClN3O/c1-2-9(8)4(3-10)5(6)7/h10H,2-3,7-8H2,1H3/b5-4-. The largest absolute Gasteiger partial charge is 0.390 e. The summed E-state index contributed by atoms with van der Waals surface area (Å²) in [5.74, 6) is 5.38. The van der Waals surface area contributed by atoms with Gasteiger partial charge in [0, 0.05) is 6.54 Å². The van der Waals surface area contributed by atoms with E-state index in [4.69, 9.17) is 28.3 Å². The van der Waals surface area contributed by atoms with Crippen molar-refractivity contribution in [2.24, 2.45) is 11.6 Å². The fourth-order valence-corrected chi connectivity index (χ4v) is 0.663. The van der Waals surface area contributed by atoms with Gasteiger partial charge in [0.25, 0.3) is 0 Å². The second kappa shape index (κ2) is 4.38. The summed E-state index contributed by atoms with van der Waals surface area (Å²) in [4.78, 5) is 0. The SMILES string of the molecule is CCN(N)/C(CO)=C(\N)Cl. The Hall–Kier alpha value is -0.450. The molecule has 0 aromatic heterocycles. The van der Waals surface area contributed by atoms with E-state index < -0.39 is 0 Å². The van der Waals surface area contributed by atoms with E-state index >= 15 is 0 Å². The van der Waals surface area contributed by atoms with Gasteiger partial charge in [-0.3, -0.25) is 0 Å². The Kier molecular flexibility index (Phi) is 4.18. The van der Waals surface area contributed by atoms with Gasteiger partial charge in [-0.25, -0.2) is 5.84 Å². The van der Waals surface area contributed by atoms with E-state index in [-0.39, 0.29) is 11.8 Å². The second-order valence-corrected chi connectivity index (χ2v) is 2.15. The molecule has 0 aliphatic rings. The number of hydrogen-bond donors (Lipinski definition) is 3. The molecule has 0 radical (unpaired) electrons. The molecule has 0 heterocycles. The van der Waals surface area contributed by atoms with Crippen molar-refractivity contribution in [1.29, 1.82) is 0 Å². The van der Waals surface area contributed by atoms with Gasteiger partial charge in [-0.2, -0.15) is 0 Å². The van der Waals surface area contributed by atoms with Crippen LogP contribution in [0, 0.1) is 0 Å². The van der Waals surface area contributed by atoms with Crippen molar-refractivity contribution in [3.8, 4) is 0 Å². The number of halogens is 1. The Balaban J connectivity index is 4.21. The van der Waals surface area contributed by atoms with Crippen molar-refractivity contribution in [3.63, 3.8) is 0 Å². The zero-order valence-electron chi connectivity index (χ0n) is 5.84. The minimum absolute atomic E-state index is 0.0341. The Bertz CT molecular complexity index is 133. The van der Waals surface area contributed by atoms with Gasteiger partial charge in [0.15, 0.2) is 0 Å². The Morgan fingerprint density at radius 1 is 1.70 bits per heavy atom. The number of aliphatic hydroxyl groups is 1. The average molecular weight is 166 g/mol. The van der Waals surface area contributed by atoms with Crippen molar-refractivity contribution >= 4 is 11.6 Å². The molecule has 0 aromatic carbocycles. The minimum Gasteiger partial charge on any atom is -0.390 e. The number of nitrogens with zero attached hydrogens (tertiary/aromatic N) is 1. The lowest BCUT2D eigenvalue weighted by Gasteiger charge is -2.18. The van der Waals surface area contributed by atoms with E-state index in [0.717, 1.165) is 0 Å². The van der Waals surface area contributed by atoms with Crippen LogP contribution in [0.5, 0.6) is 0 Å². The van der Waals surface area contributed by atoms with Gasteiger partial charge in [0.05, 0.1) is 12.3 Å². The Labute approximate surface area is 65.0 Å². The molecule has 0 aromatic rings. The fraction of sp³-hybridized carbons (Fsp3) is 0.600. The lowest BCUT2D eigenvalue weighted by atomic mass is 10.4. The predicted octanol–water partition coefficient (Wildman–Crippen LogP) is -0.459. The van der Waals surface area contributed by atoms with Gasteiger partial charge >= 0.3 is 0 Å². The maximum atomic E-state index is 8.65. The van der Waals surface area contributed by atoms with Crippen LogP contribution >= 0.6 is 11.6 Å². The quantitative estimate of drug-likeness (QED) is 0.301. The molecule has 0 unspecified atom stereocenters. The molecule has 0 saturated carbocycles. The Morgan fingerprint density at radius 2 is 2.20 bits per heavy atom. The van der Waals surface area contributed by atoms with Crippen molar-refractivity contribution in [2.75, 3.05) is 13.2 Å². The molecule has 0 atom stereocenters. The molecule has 60 valence electrons. The van der Waals surface area contributed by atoms with E-state index in [9.17, 15) is 0 Å². The van der Waals surface area contributed by atoms with Crippen molar-refractivity contribution < 1.29 is 5.11 Å². The smallest absolute Gasteiger partial charge is 0.122 e. The first-order chi connectivity index (χ1) is 4.63. The second-order valence-electron chi connectivity index (χ2n) is 1.74. The fourth-order valence-electron chi connectivity index (χ4n) is 0.494. The monoisotopic (exact) mass is 165 g/mol. The van der Waals surface area contributed by atoms with Crippen LogP contribution in [-0.4, -0.2) is 23.3 Å². The third-order valence-corrected chi connectivity index (χ3v) is 1.33. The molecule has 0 fully saturated rings. The van der Waals surface area contributed by atoms with Gasteiger partial charge in [0.1, 0.15) is 5.16 Å². The van der Waals surface area contributed by atoms with Gasteiger partial charge < -0.3 is 15.8 Å². The summed E-state index contributed by atoms with van der Waals surface area (Å²) >= 11 is 5.39. The minimum atomic E-state index is -0.236. The van der Waals surface area contributed by atoms with Crippen LogP contribution in [0.1, 0.15) is 6.92 Å². The zero-order valence-corrected chi connectivity index (χ0v) is 6.60. The average Bonchev–Trinajstić information content (AvgIpc) is 1.88. The highest BCUT2D eigenvalue weighted by Gasteiger charge is 2.04. The van der Waals surface area contributed by atoms with E-state index in [1.807, 2.05) is 6.92 Å². The van der Waals surface area contributed by atoms with Crippen molar-refractivity contribution in [3.05, 3.63) is 10.9 Å². The highest BCUT2D eigenvalue weighted by atomic mass is 35.5. The van der Waals surface area contributed by atoms with E-state index in [1.54, 1.807) is 0 Å². The molecule has 10 heavy (non-hydrogen) atoms. The molecule has 0 bridgehead atoms. The summed E-state index contributed by atoms with van der Waals surface area (Å²) in [5.41, 5.74) is 5.54. The summed E-state index contributed by atoms with van der Waals surface area (Å²) in [5, 5.41) is 9.98. The molecule has 0 rings (SSSR count). The molecule has 0 saturated heterocycles. The third kappa shape index (κ3) is 2.43. The van der Waals surface area contributed by atoms with Crippen LogP contribution in [-0.2, 0) is 0 Å². The topological polar surface area (TPSA) is 75.5 Å². The van der Waals surface area contributed by atoms with Gasteiger partial charge in [-0.1, -0.05) is 11.6 Å². The van der Waals surface area contributed by atoms with Crippen LogP contribution < -0.4 is 11.6 Å². The maximum Gasteiger partial charge on any atom is 0.122 e. The molecular formula is C5H12ClN3O. The predicted molar refractivity (Wildman–Crippen MR) is 40.7 cm³/mol. The third-order valence-electron chi connectivity index (χ3n) is 1.11. The number of rotatable bonds is 3. The van der Waals surface area contributed by atoms with Gasteiger partial charge in [-0.15, -0.1) is 0 Å². The van der Waals surface area contributed by atoms with E-state index in [1.165, 1.54) is 5.01 Å². The first-order valence-corrected chi connectivity index (χ1v) is 3.28. The summed E-state index contributed by atoms with van der Waals surface area (Å²) in [7, 11) is 0. The number of hydrazine groups is 1. The molecule has 4 nitrogen and oxygen atoms in total. The molecule has 5 heteroatoms. The lowest BCUT2D eigenvalue weighted by molar-refractivity contribution is 0.259.